The Labute approximate surface area is 103 Å². The van der Waals surface area contributed by atoms with E-state index in [1.807, 2.05) is 17.9 Å². The maximum absolute atomic E-state index is 4.56. The molecule has 94 valence electrons. The fourth-order valence-electron chi connectivity index (χ4n) is 2.84. The van der Waals surface area contributed by atoms with Crippen molar-refractivity contribution in [3.8, 4) is 0 Å². The van der Waals surface area contributed by atoms with Crippen LogP contribution in [-0.2, 0) is 7.05 Å². The Bertz CT molecular complexity index is 383. The van der Waals surface area contributed by atoms with Crippen molar-refractivity contribution in [1.29, 1.82) is 0 Å². The van der Waals surface area contributed by atoms with Crippen molar-refractivity contribution in [3.63, 3.8) is 0 Å². The number of aromatic nitrogens is 2. The van der Waals surface area contributed by atoms with Gasteiger partial charge in [0.1, 0.15) is 0 Å². The summed E-state index contributed by atoms with van der Waals surface area (Å²) in [4.78, 5) is 2.50. The van der Waals surface area contributed by atoms with E-state index in [2.05, 4.69) is 28.3 Å². The first-order valence-corrected chi connectivity index (χ1v) is 6.77. The molecule has 3 rings (SSSR count). The maximum Gasteiger partial charge on any atom is 0.150 e. The highest BCUT2D eigenvalue weighted by atomic mass is 15.4. The molecular weight excluding hydrogens is 212 g/mol. The van der Waals surface area contributed by atoms with Crippen molar-refractivity contribution in [3.05, 3.63) is 12.3 Å². The molecule has 1 saturated carbocycles. The average molecular weight is 234 g/mol. The molecule has 17 heavy (non-hydrogen) atoms. The summed E-state index contributed by atoms with van der Waals surface area (Å²) in [7, 11) is 1.99. The molecule has 2 atom stereocenters. The summed E-state index contributed by atoms with van der Waals surface area (Å²) in [5.41, 5.74) is 0. The van der Waals surface area contributed by atoms with Gasteiger partial charge >= 0.3 is 0 Å². The van der Waals surface area contributed by atoms with E-state index < -0.39 is 0 Å². The molecule has 0 spiro atoms. The monoisotopic (exact) mass is 234 g/mol. The minimum absolute atomic E-state index is 0.597. The number of rotatable bonds is 3. The SMILES string of the molecule is CCC1CNC(C2CC2)CN1c1ccn(C)n1. The van der Waals surface area contributed by atoms with Crippen molar-refractivity contribution in [2.45, 2.75) is 38.3 Å². The fourth-order valence-corrected chi connectivity index (χ4v) is 2.84. The third-order valence-corrected chi connectivity index (χ3v) is 4.11. The molecule has 1 N–H and O–H groups in total. The third-order valence-electron chi connectivity index (χ3n) is 4.11. The topological polar surface area (TPSA) is 33.1 Å². The van der Waals surface area contributed by atoms with E-state index in [0.717, 1.165) is 24.8 Å². The Hall–Kier alpha value is -1.03. The Morgan fingerprint density at radius 3 is 2.88 bits per heavy atom. The third kappa shape index (κ3) is 2.18. The van der Waals surface area contributed by atoms with Crippen molar-refractivity contribution in [2.75, 3.05) is 18.0 Å². The Kier molecular flexibility index (Phi) is 2.82. The molecule has 0 amide bonds. The molecule has 2 unspecified atom stereocenters. The lowest BCUT2D eigenvalue weighted by molar-refractivity contribution is 0.357. The van der Waals surface area contributed by atoms with E-state index in [1.165, 1.54) is 19.3 Å². The van der Waals surface area contributed by atoms with Gasteiger partial charge < -0.3 is 10.2 Å². The van der Waals surface area contributed by atoms with E-state index >= 15 is 0 Å². The fraction of sp³-hybridized carbons (Fsp3) is 0.769. The van der Waals surface area contributed by atoms with Gasteiger partial charge in [0.2, 0.25) is 0 Å². The van der Waals surface area contributed by atoms with Crippen LogP contribution in [0.1, 0.15) is 26.2 Å². The minimum atomic E-state index is 0.597. The molecule has 1 aliphatic heterocycles. The molecule has 4 heteroatoms. The van der Waals surface area contributed by atoms with Gasteiger partial charge in [-0.15, -0.1) is 0 Å². The molecule has 1 aliphatic carbocycles. The van der Waals surface area contributed by atoms with Crippen molar-refractivity contribution in [1.82, 2.24) is 15.1 Å². The molecule has 0 aromatic carbocycles. The largest absolute Gasteiger partial charge is 0.349 e. The first kappa shape index (κ1) is 11.1. The zero-order valence-electron chi connectivity index (χ0n) is 10.8. The molecule has 1 saturated heterocycles. The van der Waals surface area contributed by atoms with Gasteiger partial charge in [-0.25, -0.2) is 0 Å². The highest BCUT2D eigenvalue weighted by molar-refractivity contribution is 5.40. The van der Waals surface area contributed by atoms with Crippen LogP contribution in [0.2, 0.25) is 0 Å². The molecule has 0 bridgehead atoms. The van der Waals surface area contributed by atoms with Crippen LogP contribution >= 0.6 is 0 Å². The van der Waals surface area contributed by atoms with Crippen LogP contribution in [-0.4, -0.2) is 35.0 Å². The zero-order valence-corrected chi connectivity index (χ0v) is 10.8. The van der Waals surface area contributed by atoms with E-state index in [4.69, 9.17) is 0 Å². The second-order valence-corrected chi connectivity index (χ2v) is 5.41. The molecule has 4 nitrogen and oxygen atoms in total. The Morgan fingerprint density at radius 2 is 2.29 bits per heavy atom. The van der Waals surface area contributed by atoms with Gasteiger partial charge in [-0.2, -0.15) is 5.10 Å². The standard InChI is InChI=1S/C13H22N4/c1-3-11-8-14-12(10-4-5-10)9-17(11)13-6-7-16(2)15-13/h6-7,10-12,14H,3-5,8-9H2,1-2H3. The number of aryl methyl sites for hydroxylation is 1. The van der Waals surface area contributed by atoms with E-state index in [9.17, 15) is 0 Å². The lowest BCUT2D eigenvalue weighted by Crippen LogP contribution is -2.57. The summed E-state index contributed by atoms with van der Waals surface area (Å²) >= 11 is 0. The normalized spacial score (nSPS) is 29.6. The maximum atomic E-state index is 4.56. The summed E-state index contributed by atoms with van der Waals surface area (Å²) < 4.78 is 1.90. The minimum Gasteiger partial charge on any atom is -0.349 e. The number of nitrogens with one attached hydrogen (secondary N) is 1. The zero-order chi connectivity index (χ0) is 11.8. The van der Waals surface area contributed by atoms with E-state index in [-0.39, 0.29) is 0 Å². The van der Waals surface area contributed by atoms with E-state index in [1.54, 1.807) is 0 Å². The summed E-state index contributed by atoms with van der Waals surface area (Å²) in [6, 6.07) is 3.41. The first-order valence-electron chi connectivity index (χ1n) is 6.77. The number of hydrogen-bond acceptors (Lipinski definition) is 3. The summed E-state index contributed by atoms with van der Waals surface area (Å²) in [5, 5.41) is 8.27. The molecule has 2 fully saturated rings. The lowest BCUT2D eigenvalue weighted by atomic mass is 10.0. The predicted octanol–water partition coefficient (Wildman–Crippen LogP) is 1.39. The molecule has 0 radical (unpaired) electrons. The molecular formula is C13H22N4. The highest BCUT2D eigenvalue weighted by Crippen LogP contribution is 2.35. The number of anilines is 1. The van der Waals surface area contributed by atoms with Gasteiger partial charge in [0.25, 0.3) is 0 Å². The van der Waals surface area contributed by atoms with Gasteiger partial charge in [0.15, 0.2) is 5.82 Å². The van der Waals surface area contributed by atoms with Crippen LogP contribution in [0.4, 0.5) is 5.82 Å². The van der Waals surface area contributed by atoms with Crippen LogP contribution in [0.5, 0.6) is 0 Å². The summed E-state index contributed by atoms with van der Waals surface area (Å²) in [5.74, 6) is 2.06. The highest BCUT2D eigenvalue weighted by Gasteiger charge is 2.37. The molecule has 1 aromatic heterocycles. The summed E-state index contributed by atoms with van der Waals surface area (Å²) in [6.07, 6.45) is 6.03. The van der Waals surface area contributed by atoms with Crippen LogP contribution in [0, 0.1) is 5.92 Å². The second-order valence-electron chi connectivity index (χ2n) is 5.41. The Morgan fingerprint density at radius 1 is 1.47 bits per heavy atom. The average Bonchev–Trinajstić information content (AvgIpc) is 3.11. The summed E-state index contributed by atoms with van der Waals surface area (Å²) in [6.45, 7) is 4.49. The number of nitrogens with zero attached hydrogens (tertiary/aromatic N) is 3. The van der Waals surface area contributed by atoms with Gasteiger partial charge in [0.05, 0.1) is 0 Å². The van der Waals surface area contributed by atoms with Gasteiger partial charge in [-0.3, -0.25) is 4.68 Å². The lowest BCUT2D eigenvalue weighted by Gasteiger charge is -2.40. The molecule has 1 aromatic rings. The number of hydrogen-bond donors (Lipinski definition) is 1. The van der Waals surface area contributed by atoms with Crippen molar-refractivity contribution < 1.29 is 0 Å². The van der Waals surface area contributed by atoms with Gasteiger partial charge in [-0.1, -0.05) is 6.92 Å². The smallest absolute Gasteiger partial charge is 0.150 e. The second kappa shape index (κ2) is 4.33. The van der Waals surface area contributed by atoms with Gasteiger partial charge in [0, 0.05) is 44.5 Å². The Balaban J connectivity index is 1.77. The molecule has 2 heterocycles. The van der Waals surface area contributed by atoms with Crippen LogP contribution in [0.15, 0.2) is 12.3 Å². The van der Waals surface area contributed by atoms with Crippen molar-refractivity contribution >= 4 is 5.82 Å². The predicted molar refractivity (Wildman–Crippen MR) is 69.1 cm³/mol. The van der Waals surface area contributed by atoms with Gasteiger partial charge in [-0.05, 0) is 25.2 Å². The molecule has 2 aliphatic rings. The van der Waals surface area contributed by atoms with Crippen LogP contribution in [0.3, 0.4) is 0 Å². The van der Waals surface area contributed by atoms with Crippen molar-refractivity contribution in [2.24, 2.45) is 13.0 Å². The van der Waals surface area contributed by atoms with Crippen LogP contribution < -0.4 is 10.2 Å². The van der Waals surface area contributed by atoms with E-state index in [0.29, 0.717) is 12.1 Å². The first-order chi connectivity index (χ1) is 8.28. The van der Waals surface area contributed by atoms with Crippen LogP contribution in [0.25, 0.3) is 0 Å². The quantitative estimate of drug-likeness (QED) is 0.858. The number of piperazine rings is 1.